The summed E-state index contributed by atoms with van der Waals surface area (Å²) in [5, 5.41) is 0. The lowest BCUT2D eigenvalue weighted by Gasteiger charge is -2.34. The van der Waals surface area contributed by atoms with Gasteiger partial charge in [-0.05, 0) is 36.4 Å². The van der Waals surface area contributed by atoms with Crippen molar-refractivity contribution in [1.82, 2.24) is 14.8 Å². The van der Waals surface area contributed by atoms with Gasteiger partial charge in [-0.25, -0.2) is 0 Å². The Balaban J connectivity index is 1.48. The smallest absolute Gasteiger partial charge is 0.253 e. The van der Waals surface area contributed by atoms with Crippen molar-refractivity contribution in [2.24, 2.45) is 0 Å². The number of aromatic nitrogens is 1. The standard InChI is InChI=1S/C18H20BrN3O/c19-16-6-4-15(5-7-16)18(23)22-13-11-21(12-14-22)10-8-17-3-1-2-9-20-17/h1-7,9H,8,10-14H2. The number of nitrogens with zero attached hydrogens (tertiary/aromatic N) is 3. The molecular formula is C18H20BrN3O. The van der Waals surface area contributed by atoms with Gasteiger partial charge in [-0.15, -0.1) is 0 Å². The van der Waals surface area contributed by atoms with Crippen LogP contribution in [0.3, 0.4) is 0 Å². The number of rotatable bonds is 4. The van der Waals surface area contributed by atoms with Crippen LogP contribution in [0.4, 0.5) is 0 Å². The molecule has 3 rings (SSSR count). The van der Waals surface area contributed by atoms with E-state index in [9.17, 15) is 4.79 Å². The van der Waals surface area contributed by atoms with Crippen LogP contribution < -0.4 is 0 Å². The molecule has 0 N–H and O–H groups in total. The molecule has 1 saturated heterocycles. The largest absolute Gasteiger partial charge is 0.336 e. The lowest BCUT2D eigenvalue weighted by Crippen LogP contribution is -2.49. The summed E-state index contributed by atoms with van der Waals surface area (Å²) in [5.41, 5.74) is 1.89. The molecule has 1 aromatic heterocycles. The van der Waals surface area contributed by atoms with Gasteiger partial charge < -0.3 is 4.90 Å². The number of benzene rings is 1. The third kappa shape index (κ3) is 4.39. The average Bonchev–Trinajstić information content (AvgIpc) is 2.61. The Morgan fingerprint density at radius 1 is 1.04 bits per heavy atom. The van der Waals surface area contributed by atoms with Gasteiger partial charge >= 0.3 is 0 Å². The van der Waals surface area contributed by atoms with Crippen molar-refractivity contribution in [2.75, 3.05) is 32.7 Å². The highest BCUT2D eigenvalue weighted by molar-refractivity contribution is 9.10. The summed E-state index contributed by atoms with van der Waals surface area (Å²) < 4.78 is 0.994. The fraction of sp³-hybridized carbons (Fsp3) is 0.333. The van der Waals surface area contributed by atoms with Gasteiger partial charge in [0.1, 0.15) is 0 Å². The van der Waals surface area contributed by atoms with Gasteiger partial charge in [0.05, 0.1) is 0 Å². The highest BCUT2D eigenvalue weighted by Crippen LogP contribution is 2.13. The van der Waals surface area contributed by atoms with Gasteiger partial charge in [0.2, 0.25) is 0 Å². The minimum absolute atomic E-state index is 0.127. The second kappa shape index (κ2) is 7.70. The third-order valence-electron chi connectivity index (χ3n) is 4.16. The highest BCUT2D eigenvalue weighted by Gasteiger charge is 2.21. The lowest BCUT2D eigenvalue weighted by molar-refractivity contribution is 0.0638. The summed E-state index contributed by atoms with van der Waals surface area (Å²) in [7, 11) is 0. The third-order valence-corrected chi connectivity index (χ3v) is 4.69. The monoisotopic (exact) mass is 373 g/mol. The maximum absolute atomic E-state index is 12.5. The molecule has 0 unspecified atom stereocenters. The van der Waals surface area contributed by atoms with Crippen molar-refractivity contribution < 1.29 is 4.79 Å². The van der Waals surface area contributed by atoms with Crippen LogP contribution in [0, 0.1) is 0 Å². The maximum atomic E-state index is 12.5. The first-order chi connectivity index (χ1) is 11.2. The Morgan fingerprint density at radius 2 is 1.78 bits per heavy atom. The molecule has 1 aromatic carbocycles. The van der Waals surface area contributed by atoms with Gasteiger partial charge in [0.25, 0.3) is 5.91 Å². The van der Waals surface area contributed by atoms with E-state index in [-0.39, 0.29) is 5.91 Å². The first kappa shape index (κ1) is 16.1. The number of hydrogen-bond acceptors (Lipinski definition) is 3. The van der Waals surface area contributed by atoms with Crippen LogP contribution in [0.25, 0.3) is 0 Å². The second-order valence-corrected chi connectivity index (χ2v) is 6.63. The molecular weight excluding hydrogens is 354 g/mol. The molecule has 0 spiro atoms. The van der Waals surface area contributed by atoms with E-state index >= 15 is 0 Å². The molecule has 1 amide bonds. The molecule has 1 aliphatic rings. The summed E-state index contributed by atoms with van der Waals surface area (Å²) in [6, 6.07) is 13.6. The number of carbonyl (C=O) groups is 1. The van der Waals surface area contributed by atoms with Crippen LogP contribution in [-0.4, -0.2) is 53.4 Å². The predicted octanol–water partition coefficient (Wildman–Crippen LogP) is 2.84. The molecule has 0 saturated carbocycles. The molecule has 0 bridgehead atoms. The van der Waals surface area contributed by atoms with Gasteiger partial charge in [-0.2, -0.15) is 0 Å². The molecule has 4 nitrogen and oxygen atoms in total. The van der Waals surface area contributed by atoms with Crippen LogP contribution in [0.2, 0.25) is 0 Å². The van der Waals surface area contributed by atoms with Gasteiger partial charge in [-0.3, -0.25) is 14.7 Å². The van der Waals surface area contributed by atoms with Crippen LogP contribution >= 0.6 is 15.9 Å². The fourth-order valence-electron chi connectivity index (χ4n) is 2.77. The van der Waals surface area contributed by atoms with E-state index < -0.39 is 0 Å². The molecule has 1 aliphatic heterocycles. The SMILES string of the molecule is O=C(c1ccc(Br)cc1)N1CCN(CCc2ccccn2)CC1. The average molecular weight is 374 g/mol. The molecule has 23 heavy (non-hydrogen) atoms. The van der Waals surface area contributed by atoms with E-state index in [0.29, 0.717) is 0 Å². The quantitative estimate of drug-likeness (QED) is 0.826. The highest BCUT2D eigenvalue weighted by atomic mass is 79.9. The summed E-state index contributed by atoms with van der Waals surface area (Å²) in [5.74, 6) is 0.127. The molecule has 120 valence electrons. The van der Waals surface area contributed by atoms with Crippen LogP contribution in [-0.2, 0) is 6.42 Å². The van der Waals surface area contributed by atoms with Gasteiger partial charge in [0.15, 0.2) is 0 Å². The zero-order valence-corrected chi connectivity index (χ0v) is 14.6. The first-order valence-corrected chi connectivity index (χ1v) is 8.69. The minimum atomic E-state index is 0.127. The minimum Gasteiger partial charge on any atom is -0.336 e. The van der Waals surface area contributed by atoms with E-state index in [0.717, 1.165) is 54.9 Å². The number of amides is 1. The van der Waals surface area contributed by atoms with Crippen molar-refractivity contribution in [1.29, 1.82) is 0 Å². The van der Waals surface area contributed by atoms with Gasteiger partial charge in [-0.1, -0.05) is 22.0 Å². The Kier molecular flexibility index (Phi) is 5.41. The molecule has 0 atom stereocenters. The van der Waals surface area contributed by atoms with Crippen molar-refractivity contribution in [3.05, 3.63) is 64.4 Å². The molecule has 1 fully saturated rings. The lowest BCUT2D eigenvalue weighted by atomic mass is 10.1. The molecule has 0 aliphatic carbocycles. The topological polar surface area (TPSA) is 36.4 Å². The molecule has 2 aromatic rings. The fourth-order valence-corrected chi connectivity index (χ4v) is 3.03. The maximum Gasteiger partial charge on any atom is 0.253 e. The van der Waals surface area contributed by atoms with Crippen molar-refractivity contribution in [2.45, 2.75) is 6.42 Å². The molecule has 5 heteroatoms. The predicted molar refractivity (Wildman–Crippen MR) is 94.4 cm³/mol. The van der Waals surface area contributed by atoms with Crippen molar-refractivity contribution in [3.63, 3.8) is 0 Å². The Hall–Kier alpha value is -1.72. The van der Waals surface area contributed by atoms with E-state index in [1.807, 2.05) is 47.5 Å². The molecule has 0 radical (unpaired) electrons. The van der Waals surface area contributed by atoms with Crippen LogP contribution in [0.5, 0.6) is 0 Å². The number of halogens is 1. The van der Waals surface area contributed by atoms with Crippen LogP contribution in [0.1, 0.15) is 16.1 Å². The summed E-state index contributed by atoms with van der Waals surface area (Å²) in [6.07, 6.45) is 2.80. The van der Waals surface area contributed by atoms with Gasteiger partial charge in [0, 0.05) is 61.1 Å². The van der Waals surface area contributed by atoms with Crippen molar-refractivity contribution >= 4 is 21.8 Å². The number of carbonyl (C=O) groups excluding carboxylic acids is 1. The number of piperazine rings is 1. The Labute approximate surface area is 145 Å². The Bertz CT molecular complexity index is 637. The van der Waals surface area contributed by atoms with E-state index in [1.54, 1.807) is 0 Å². The molecule has 2 heterocycles. The van der Waals surface area contributed by atoms with Crippen LogP contribution in [0.15, 0.2) is 53.1 Å². The number of pyridine rings is 1. The Morgan fingerprint density at radius 3 is 2.43 bits per heavy atom. The number of hydrogen-bond donors (Lipinski definition) is 0. The zero-order valence-electron chi connectivity index (χ0n) is 13.0. The van der Waals surface area contributed by atoms with E-state index in [1.165, 1.54) is 0 Å². The van der Waals surface area contributed by atoms with Crippen molar-refractivity contribution in [3.8, 4) is 0 Å². The second-order valence-electron chi connectivity index (χ2n) is 5.71. The first-order valence-electron chi connectivity index (χ1n) is 7.89. The summed E-state index contributed by atoms with van der Waals surface area (Å²) in [4.78, 5) is 21.2. The summed E-state index contributed by atoms with van der Waals surface area (Å²) in [6.45, 7) is 4.43. The zero-order chi connectivity index (χ0) is 16.1. The van der Waals surface area contributed by atoms with E-state index in [2.05, 4.69) is 31.9 Å². The summed E-state index contributed by atoms with van der Waals surface area (Å²) >= 11 is 3.40. The normalized spacial score (nSPS) is 15.6. The van der Waals surface area contributed by atoms with E-state index in [4.69, 9.17) is 0 Å².